The van der Waals surface area contributed by atoms with E-state index in [0.29, 0.717) is 18.4 Å². The van der Waals surface area contributed by atoms with Crippen LogP contribution < -0.4 is 5.73 Å². The molecule has 2 N–H and O–H groups in total. The summed E-state index contributed by atoms with van der Waals surface area (Å²) >= 11 is 0. The van der Waals surface area contributed by atoms with E-state index in [1.54, 1.807) is 12.1 Å². The van der Waals surface area contributed by atoms with Crippen molar-refractivity contribution in [3.8, 4) is 0 Å². The van der Waals surface area contributed by atoms with Gasteiger partial charge in [-0.3, -0.25) is 0 Å². The first-order valence-corrected chi connectivity index (χ1v) is 7.23. The molecule has 1 aliphatic carbocycles. The van der Waals surface area contributed by atoms with Gasteiger partial charge in [-0.05, 0) is 61.4 Å². The molecule has 0 aliphatic heterocycles. The summed E-state index contributed by atoms with van der Waals surface area (Å²) in [6.07, 6.45) is 5.01. The second kappa shape index (κ2) is 7.01. The molecule has 1 aliphatic rings. The summed E-state index contributed by atoms with van der Waals surface area (Å²) in [5.74, 6) is 0.983. The normalized spacial score (nSPS) is 23.5. The Hall–Kier alpha value is -0.930. The van der Waals surface area contributed by atoms with Gasteiger partial charge in [-0.15, -0.1) is 0 Å². The molecule has 2 atom stereocenters. The van der Waals surface area contributed by atoms with Crippen LogP contribution in [0.4, 0.5) is 4.39 Å². The van der Waals surface area contributed by atoms with E-state index in [1.165, 1.54) is 31.7 Å². The Morgan fingerprint density at radius 3 is 2.74 bits per heavy atom. The maximum atomic E-state index is 13.2. The van der Waals surface area contributed by atoms with Crippen LogP contribution in [0.1, 0.15) is 36.8 Å². The van der Waals surface area contributed by atoms with Gasteiger partial charge >= 0.3 is 0 Å². The van der Waals surface area contributed by atoms with Gasteiger partial charge in [-0.1, -0.05) is 18.9 Å². The Bertz CT molecular complexity index is 408. The van der Waals surface area contributed by atoms with Crippen molar-refractivity contribution in [1.29, 1.82) is 0 Å². The molecule has 1 fully saturated rings. The van der Waals surface area contributed by atoms with Crippen molar-refractivity contribution in [1.82, 2.24) is 0 Å². The maximum absolute atomic E-state index is 13.2. The molecule has 0 radical (unpaired) electrons. The number of hydrogen-bond acceptors (Lipinski definition) is 2. The van der Waals surface area contributed by atoms with Crippen molar-refractivity contribution in [3.05, 3.63) is 35.1 Å². The minimum absolute atomic E-state index is 0.193. The van der Waals surface area contributed by atoms with Gasteiger partial charge < -0.3 is 10.5 Å². The molecule has 2 unspecified atom stereocenters. The van der Waals surface area contributed by atoms with Gasteiger partial charge in [0.25, 0.3) is 0 Å². The minimum Gasteiger partial charge on any atom is -0.376 e. The quantitative estimate of drug-likeness (QED) is 0.885. The Kier molecular flexibility index (Phi) is 5.34. The van der Waals surface area contributed by atoms with Crippen molar-refractivity contribution in [2.75, 3.05) is 13.2 Å². The molecule has 2 rings (SSSR count). The molecule has 1 aromatic carbocycles. The number of ether oxygens (including phenoxy) is 1. The number of nitrogens with two attached hydrogens (primary N) is 1. The topological polar surface area (TPSA) is 35.2 Å². The van der Waals surface area contributed by atoms with Crippen LogP contribution in [0, 0.1) is 24.6 Å². The van der Waals surface area contributed by atoms with Crippen LogP contribution >= 0.6 is 0 Å². The average Bonchev–Trinajstić information content (AvgIpc) is 2.43. The van der Waals surface area contributed by atoms with Crippen LogP contribution in [-0.4, -0.2) is 13.2 Å². The summed E-state index contributed by atoms with van der Waals surface area (Å²) < 4.78 is 19.0. The lowest BCUT2D eigenvalue weighted by molar-refractivity contribution is 0.0509. The van der Waals surface area contributed by atoms with E-state index >= 15 is 0 Å². The molecule has 0 heterocycles. The fraction of sp³-hybridized carbons (Fsp3) is 0.625. The van der Waals surface area contributed by atoms with Crippen LogP contribution in [0.3, 0.4) is 0 Å². The molecule has 3 heteroatoms. The largest absolute Gasteiger partial charge is 0.376 e. The van der Waals surface area contributed by atoms with Gasteiger partial charge in [0, 0.05) is 0 Å². The summed E-state index contributed by atoms with van der Waals surface area (Å²) in [4.78, 5) is 0. The van der Waals surface area contributed by atoms with Gasteiger partial charge in [-0.25, -0.2) is 4.39 Å². The molecule has 0 spiro atoms. The number of hydrogen-bond donors (Lipinski definition) is 1. The predicted molar refractivity (Wildman–Crippen MR) is 75.3 cm³/mol. The van der Waals surface area contributed by atoms with Crippen LogP contribution in [0.15, 0.2) is 18.2 Å². The van der Waals surface area contributed by atoms with E-state index in [-0.39, 0.29) is 5.82 Å². The van der Waals surface area contributed by atoms with Gasteiger partial charge in [0.05, 0.1) is 13.2 Å². The van der Waals surface area contributed by atoms with E-state index < -0.39 is 0 Å². The lowest BCUT2D eigenvalue weighted by Gasteiger charge is -2.30. The number of aryl methyl sites for hydroxylation is 1. The fourth-order valence-electron chi connectivity index (χ4n) is 2.93. The Labute approximate surface area is 115 Å². The molecule has 106 valence electrons. The molecule has 0 saturated heterocycles. The number of benzene rings is 1. The first-order chi connectivity index (χ1) is 9.20. The lowest BCUT2D eigenvalue weighted by Crippen LogP contribution is -2.29. The van der Waals surface area contributed by atoms with Gasteiger partial charge in [0.2, 0.25) is 0 Å². The maximum Gasteiger partial charge on any atom is 0.123 e. The molecule has 19 heavy (non-hydrogen) atoms. The average molecular weight is 265 g/mol. The van der Waals surface area contributed by atoms with Crippen LogP contribution in [0.5, 0.6) is 0 Å². The monoisotopic (exact) mass is 265 g/mol. The van der Waals surface area contributed by atoms with Crippen molar-refractivity contribution >= 4 is 0 Å². The third-order valence-corrected chi connectivity index (χ3v) is 4.27. The fourth-order valence-corrected chi connectivity index (χ4v) is 2.93. The smallest absolute Gasteiger partial charge is 0.123 e. The molecule has 0 aromatic heterocycles. The standard InChI is InChI=1S/C16H24FNO/c1-12-6-7-16(17)8-15(12)11-19-10-14-5-3-2-4-13(14)9-18/h6-8,13-14H,2-5,9-11,18H2,1H3. The van der Waals surface area contributed by atoms with Gasteiger partial charge in [0.1, 0.15) is 5.82 Å². The Morgan fingerprint density at radius 1 is 1.26 bits per heavy atom. The first kappa shape index (κ1) is 14.5. The third-order valence-electron chi connectivity index (χ3n) is 4.27. The van der Waals surface area contributed by atoms with E-state index in [2.05, 4.69) is 0 Å². The first-order valence-electron chi connectivity index (χ1n) is 7.23. The zero-order valence-corrected chi connectivity index (χ0v) is 11.7. The predicted octanol–water partition coefficient (Wildman–Crippen LogP) is 3.42. The summed E-state index contributed by atoms with van der Waals surface area (Å²) in [5.41, 5.74) is 7.84. The Balaban J connectivity index is 1.83. The summed E-state index contributed by atoms with van der Waals surface area (Å²) in [5, 5.41) is 0. The molecular formula is C16H24FNO. The highest BCUT2D eigenvalue weighted by Gasteiger charge is 2.23. The van der Waals surface area contributed by atoms with Crippen molar-refractivity contribution in [2.45, 2.75) is 39.2 Å². The van der Waals surface area contributed by atoms with Gasteiger partial charge in [-0.2, -0.15) is 0 Å². The van der Waals surface area contributed by atoms with Crippen molar-refractivity contribution in [2.24, 2.45) is 17.6 Å². The van der Waals surface area contributed by atoms with Crippen LogP contribution in [0.2, 0.25) is 0 Å². The highest BCUT2D eigenvalue weighted by atomic mass is 19.1. The number of halogens is 1. The van der Waals surface area contributed by atoms with Crippen molar-refractivity contribution < 1.29 is 9.13 Å². The second-order valence-electron chi connectivity index (χ2n) is 5.63. The molecule has 1 aromatic rings. The van der Waals surface area contributed by atoms with E-state index in [9.17, 15) is 4.39 Å². The number of rotatable bonds is 5. The van der Waals surface area contributed by atoms with Crippen LogP contribution in [-0.2, 0) is 11.3 Å². The molecule has 0 bridgehead atoms. The molecule has 1 saturated carbocycles. The summed E-state index contributed by atoms with van der Waals surface area (Å²) in [6.45, 7) is 3.99. The van der Waals surface area contributed by atoms with Crippen LogP contribution in [0.25, 0.3) is 0 Å². The highest BCUT2D eigenvalue weighted by molar-refractivity contribution is 5.25. The molecule has 0 amide bonds. The third kappa shape index (κ3) is 4.02. The van der Waals surface area contributed by atoms with E-state index in [4.69, 9.17) is 10.5 Å². The lowest BCUT2D eigenvalue weighted by atomic mass is 9.80. The molecular weight excluding hydrogens is 241 g/mol. The molecule has 2 nitrogen and oxygen atoms in total. The van der Waals surface area contributed by atoms with Crippen molar-refractivity contribution in [3.63, 3.8) is 0 Å². The zero-order chi connectivity index (χ0) is 13.7. The summed E-state index contributed by atoms with van der Waals surface area (Å²) in [7, 11) is 0. The van der Waals surface area contributed by atoms with E-state index in [1.807, 2.05) is 6.92 Å². The Morgan fingerprint density at radius 2 is 2.00 bits per heavy atom. The minimum atomic E-state index is -0.193. The summed E-state index contributed by atoms with van der Waals surface area (Å²) in [6, 6.07) is 4.86. The SMILES string of the molecule is Cc1ccc(F)cc1COCC1CCCCC1CN. The van der Waals surface area contributed by atoms with Gasteiger partial charge in [0.15, 0.2) is 0 Å². The highest BCUT2D eigenvalue weighted by Crippen LogP contribution is 2.29. The second-order valence-corrected chi connectivity index (χ2v) is 5.63. The zero-order valence-electron chi connectivity index (χ0n) is 11.7. The van der Waals surface area contributed by atoms with E-state index in [0.717, 1.165) is 24.3 Å².